The van der Waals surface area contributed by atoms with E-state index in [0.717, 1.165) is 25.7 Å². The number of rotatable bonds is 4. The zero-order valence-corrected chi connectivity index (χ0v) is 13.0. The molecule has 3 N–H and O–H groups in total. The Hall–Kier alpha value is -1.79. The molecule has 0 aromatic carbocycles. The van der Waals surface area contributed by atoms with E-state index in [1.54, 1.807) is 11.8 Å². The predicted octanol–water partition coefficient (Wildman–Crippen LogP) is 0.940. The Morgan fingerprint density at radius 3 is 2.41 bits per heavy atom. The Labute approximate surface area is 130 Å². The van der Waals surface area contributed by atoms with Crippen molar-refractivity contribution < 1.29 is 19.5 Å². The first-order valence-corrected chi connectivity index (χ1v) is 8.05. The molecular formula is C15H25N3O4. The van der Waals surface area contributed by atoms with Gasteiger partial charge in [0.2, 0.25) is 5.91 Å². The lowest BCUT2D eigenvalue weighted by molar-refractivity contribution is -0.143. The summed E-state index contributed by atoms with van der Waals surface area (Å²) in [7, 11) is 0. The maximum absolute atomic E-state index is 12.1. The summed E-state index contributed by atoms with van der Waals surface area (Å²) in [5, 5.41) is 14.5. The lowest BCUT2D eigenvalue weighted by atomic mass is 9.96. The van der Waals surface area contributed by atoms with Crippen molar-refractivity contribution in [1.29, 1.82) is 0 Å². The van der Waals surface area contributed by atoms with Crippen LogP contribution in [0.1, 0.15) is 45.4 Å². The number of carboxylic acid groups (broad SMARTS) is 1. The highest BCUT2D eigenvalue weighted by atomic mass is 16.4. The molecule has 7 heteroatoms. The Balaban J connectivity index is 1.73. The standard InChI is InChI=1S/C15H25N3O4/c1-10-12(14(20)21)7-8-18(10)13(19)9-16-15(22)17-11-5-3-2-4-6-11/h10-12H,2-9H2,1H3,(H,20,21)(H2,16,17,22). The Morgan fingerprint density at radius 2 is 1.82 bits per heavy atom. The monoisotopic (exact) mass is 311 g/mol. The maximum Gasteiger partial charge on any atom is 0.315 e. The van der Waals surface area contributed by atoms with Crippen molar-refractivity contribution in [2.75, 3.05) is 13.1 Å². The zero-order valence-electron chi connectivity index (χ0n) is 13.0. The predicted molar refractivity (Wildman–Crippen MR) is 80.3 cm³/mol. The number of carbonyl (C=O) groups excluding carboxylic acids is 2. The number of aliphatic carboxylic acids is 1. The van der Waals surface area contributed by atoms with Gasteiger partial charge in [0.1, 0.15) is 0 Å². The summed E-state index contributed by atoms with van der Waals surface area (Å²) in [5.41, 5.74) is 0. The molecule has 1 heterocycles. The molecular weight excluding hydrogens is 286 g/mol. The molecule has 3 amide bonds. The zero-order chi connectivity index (χ0) is 16.1. The molecule has 2 unspecified atom stereocenters. The summed E-state index contributed by atoms with van der Waals surface area (Å²) in [5.74, 6) is -1.61. The number of hydrogen-bond donors (Lipinski definition) is 3. The molecule has 1 saturated carbocycles. The molecule has 0 bridgehead atoms. The minimum Gasteiger partial charge on any atom is -0.481 e. The number of urea groups is 1. The third-order valence-electron chi connectivity index (χ3n) is 4.73. The summed E-state index contributed by atoms with van der Waals surface area (Å²) in [6.45, 7) is 2.09. The quantitative estimate of drug-likeness (QED) is 0.719. The van der Waals surface area contributed by atoms with Crippen LogP contribution in [0.4, 0.5) is 4.79 Å². The second-order valence-electron chi connectivity index (χ2n) is 6.22. The van der Waals surface area contributed by atoms with Gasteiger partial charge in [0.05, 0.1) is 12.5 Å². The van der Waals surface area contributed by atoms with Gasteiger partial charge in [-0.2, -0.15) is 0 Å². The van der Waals surface area contributed by atoms with Crippen LogP contribution in [0, 0.1) is 5.92 Å². The van der Waals surface area contributed by atoms with Crippen LogP contribution in [-0.4, -0.2) is 53.1 Å². The molecule has 1 aliphatic carbocycles. The minimum absolute atomic E-state index is 0.0881. The first-order valence-electron chi connectivity index (χ1n) is 8.05. The molecule has 22 heavy (non-hydrogen) atoms. The second kappa shape index (κ2) is 7.47. The Bertz CT molecular complexity index is 435. The smallest absolute Gasteiger partial charge is 0.315 e. The van der Waals surface area contributed by atoms with Crippen LogP contribution in [0.3, 0.4) is 0 Å². The van der Waals surface area contributed by atoms with E-state index in [2.05, 4.69) is 10.6 Å². The van der Waals surface area contributed by atoms with Crippen LogP contribution in [0.15, 0.2) is 0 Å². The van der Waals surface area contributed by atoms with Gasteiger partial charge >= 0.3 is 12.0 Å². The third-order valence-corrected chi connectivity index (χ3v) is 4.73. The molecule has 124 valence electrons. The van der Waals surface area contributed by atoms with Crippen LogP contribution < -0.4 is 10.6 Å². The van der Waals surface area contributed by atoms with Crippen molar-refractivity contribution in [1.82, 2.24) is 15.5 Å². The third kappa shape index (κ3) is 4.11. The van der Waals surface area contributed by atoms with E-state index in [1.807, 2.05) is 0 Å². The summed E-state index contributed by atoms with van der Waals surface area (Å²) < 4.78 is 0. The van der Waals surface area contributed by atoms with Crippen molar-refractivity contribution in [2.45, 2.75) is 57.5 Å². The molecule has 2 fully saturated rings. The number of hydrogen-bond acceptors (Lipinski definition) is 3. The fourth-order valence-electron chi connectivity index (χ4n) is 3.36. The Morgan fingerprint density at radius 1 is 1.14 bits per heavy atom. The van der Waals surface area contributed by atoms with Gasteiger partial charge in [-0.3, -0.25) is 9.59 Å². The fraction of sp³-hybridized carbons (Fsp3) is 0.800. The molecule has 0 aromatic heterocycles. The van der Waals surface area contributed by atoms with Crippen molar-refractivity contribution in [2.24, 2.45) is 5.92 Å². The van der Waals surface area contributed by atoms with Crippen molar-refractivity contribution in [3.63, 3.8) is 0 Å². The van der Waals surface area contributed by atoms with E-state index in [4.69, 9.17) is 5.11 Å². The van der Waals surface area contributed by atoms with Gasteiger partial charge in [-0.15, -0.1) is 0 Å². The SMILES string of the molecule is CC1C(C(=O)O)CCN1C(=O)CNC(=O)NC1CCCCC1. The molecule has 7 nitrogen and oxygen atoms in total. The largest absolute Gasteiger partial charge is 0.481 e. The lowest BCUT2D eigenvalue weighted by Crippen LogP contribution is -2.48. The summed E-state index contributed by atoms with van der Waals surface area (Å²) in [6.07, 6.45) is 5.93. The van der Waals surface area contributed by atoms with Crippen LogP contribution in [0.5, 0.6) is 0 Å². The molecule has 1 aliphatic heterocycles. The fourth-order valence-corrected chi connectivity index (χ4v) is 3.36. The van der Waals surface area contributed by atoms with Crippen LogP contribution in [-0.2, 0) is 9.59 Å². The highest BCUT2D eigenvalue weighted by Gasteiger charge is 2.37. The van der Waals surface area contributed by atoms with Crippen LogP contribution in [0.2, 0.25) is 0 Å². The molecule has 0 spiro atoms. The summed E-state index contributed by atoms with van der Waals surface area (Å²) >= 11 is 0. The highest BCUT2D eigenvalue weighted by Crippen LogP contribution is 2.24. The van der Waals surface area contributed by atoms with E-state index in [0.29, 0.717) is 13.0 Å². The number of nitrogens with one attached hydrogen (secondary N) is 2. The minimum atomic E-state index is -0.870. The van der Waals surface area contributed by atoms with Gasteiger partial charge in [-0.05, 0) is 26.2 Å². The second-order valence-corrected chi connectivity index (χ2v) is 6.22. The average Bonchev–Trinajstić information content (AvgIpc) is 2.88. The molecule has 0 aromatic rings. The summed E-state index contributed by atoms with van der Waals surface area (Å²) in [6, 6.07) is -0.443. The van der Waals surface area contributed by atoms with Gasteiger partial charge < -0.3 is 20.6 Å². The first kappa shape index (κ1) is 16.6. The average molecular weight is 311 g/mol. The van der Waals surface area contributed by atoms with E-state index < -0.39 is 11.9 Å². The molecule has 2 atom stereocenters. The van der Waals surface area contributed by atoms with E-state index in [1.165, 1.54) is 6.42 Å². The number of amides is 3. The maximum atomic E-state index is 12.1. The molecule has 2 aliphatic rings. The first-order chi connectivity index (χ1) is 10.5. The lowest BCUT2D eigenvalue weighted by Gasteiger charge is -2.25. The van der Waals surface area contributed by atoms with Gasteiger partial charge in [-0.25, -0.2) is 4.79 Å². The topological polar surface area (TPSA) is 98.7 Å². The van der Waals surface area contributed by atoms with Crippen molar-refractivity contribution in [3.05, 3.63) is 0 Å². The van der Waals surface area contributed by atoms with E-state index in [-0.39, 0.29) is 30.6 Å². The van der Waals surface area contributed by atoms with Crippen LogP contribution in [0.25, 0.3) is 0 Å². The molecule has 2 rings (SSSR count). The number of carbonyl (C=O) groups is 3. The van der Waals surface area contributed by atoms with Crippen LogP contribution >= 0.6 is 0 Å². The molecule has 0 radical (unpaired) electrons. The summed E-state index contributed by atoms with van der Waals surface area (Å²) in [4.78, 5) is 36.5. The molecule has 1 saturated heterocycles. The van der Waals surface area contributed by atoms with E-state index >= 15 is 0 Å². The Kier molecular flexibility index (Phi) is 5.63. The number of likely N-dealkylation sites (tertiary alicyclic amines) is 1. The van der Waals surface area contributed by atoms with Gasteiger partial charge in [0, 0.05) is 18.6 Å². The highest BCUT2D eigenvalue weighted by molar-refractivity contribution is 5.85. The number of nitrogens with zero attached hydrogens (tertiary/aromatic N) is 1. The van der Waals surface area contributed by atoms with Gasteiger partial charge in [0.25, 0.3) is 0 Å². The van der Waals surface area contributed by atoms with E-state index in [9.17, 15) is 14.4 Å². The van der Waals surface area contributed by atoms with Crippen molar-refractivity contribution >= 4 is 17.9 Å². The van der Waals surface area contributed by atoms with Crippen molar-refractivity contribution in [3.8, 4) is 0 Å². The number of carboxylic acids is 1. The normalized spacial score (nSPS) is 25.8. The van der Waals surface area contributed by atoms with Gasteiger partial charge in [0.15, 0.2) is 0 Å². The van der Waals surface area contributed by atoms with Gasteiger partial charge in [-0.1, -0.05) is 19.3 Å².